The van der Waals surface area contributed by atoms with E-state index in [1.54, 1.807) is 30.3 Å². The Morgan fingerprint density at radius 2 is 1.81 bits per heavy atom. The summed E-state index contributed by atoms with van der Waals surface area (Å²) in [4.78, 5) is 15.6. The molecule has 0 bridgehead atoms. The number of amides is 1. The van der Waals surface area contributed by atoms with Crippen molar-refractivity contribution in [2.45, 2.75) is 31.6 Å². The maximum Gasteiger partial charge on any atom is 0.261 e. The molecule has 3 aromatic rings. The molecular formula is C18H19N3O3S2. The summed E-state index contributed by atoms with van der Waals surface area (Å²) in [6, 6.07) is 12.0. The number of hydrogen-bond acceptors (Lipinski definition) is 5. The Morgan fingerprint density at radius 3 is 2.42 bits per heavy atom. The fourth-order valence-electron chi connectivity index (χ4n) is 2.44. The highest BCUT2D eigenvalue weighted by molar-refractivity contribution is 7.92. The van der Waals surface area contributed by atoms with Crippen LogP contribution >= 0.6 is 11.3 Å². The first-order valence-electron chi connectivity index (χ1n) is 8.05. The van der Waals surface area contributed by atoms with Gasteiger partial charge in [0.2, 0.25) is 5.91 Å². The van der Waals surface area contributed by atoms with Crippen molar-refractivity contribution < 1.29 is 13.2 Å². The van der Waals surface area contributed by atoms with E-state index in [2.05, 4.69) is 28.9 Å². The van der Waals surface area contributed by atoms with Crippen molar-refractivity contribution in [3.05, 3.63) is 48.0 Å². The monoisotopic (exact) mass is 389 g/mol. The zero-order chi connectivity index (χ0) is 18.9. The maximum absolute atomic E-state index is 12.6. The molecule has 0 fully saturated rings. The standard InChI is InChI=1S/C18H19N3O3S2/c1-11(2)13-4-7-15(8-5-13)26(23,24)21-14-6-9-17-16(10-14)20-18(25-17)19-12(3)22/h4-11,21H,1-3H3,(H,19,20,22). The maximum atomic E-state index is 12.6. The van der Waals surface area contributed by atoms with Crippen LogP contribution in [0.5, 0.6) is 0 Å². The van der Waals surface area contributed by atoms with Gasteiger partial charge in [-0.25, -0.2) is 13.4 Å². The summed E-state index contributed by atoms with van der Waals surface area (Å²) in [6.07, 6.45) is 0. The van der Waals surface area contributed by atoms with E-state index in [0.717, 1.165) is 10.3 Å². The molecule has 3 rings (SSSR count). The molecule has 26 heavy (non-hydrogen) atoms. The van der Waals surface area contributed by atoms with Gasteiger partial charge < -0.3 is 5.32 Å². The van der Waals surface area contributed by atoms with Gasteiger partial charge in [0.25, 0.3) is 10.0 Å². The average molecular weight is 390 g/mol. The number of aromatic nitrogens is 1. The largest absolute Gasteiger partial charge is 0.302 e. The van der Waals surface area contributed by atoms with Gasteiger partial charge >= 0.3 is 0 Å². The van der Waals surface area contributed by atoms with E-state index in [9.17, 15) is 13.2 Å². The van der Waals surface area contributed by atoms with Crippen LogP contribution in [0.1, 0.15) is 32.3 Å². The summed E-state index contributed by atoms with van der Waals surface area (Å²) in [5, 5.41) is 3.12. The fraction of sp³-hybridized carbons (Fsp3) is 0.222. The number of nitrogens with one attached hydrogen (secondary N) is 2. The van der Waals surface area contributed by atoms with Crippen molar-refractivity contribution in [1.29, 1.82) is 0 Å². The Morgan fingerprint density at radius 1 is 1.12 bits per heavy atom. The summed E-state index contributed by atoms with van der Waals surface area (Å²) in [5.74, 6) is 0.138. The molecule has 0 saturated carbocycles. The molecule has 0 saturated heterocycles. The Kier molecular flexibility index (Phi) is 4.97. The Labute approximate surface area is 156 Å². The van der Waals surface area contributed by atoms with E-state index in [1.165, 1.54) is 18.3 Å². The van der Waals surface area contributed by atoms with E-state index < -0.39 is 10.0 Å². The van der Waals surface area contributed by atoms with Crippen molar-refractivity contribution in [2.24, 2.45) is 0 Å². The van der Waals surface area contributed by atoms with Crippen LogP contribution in [0.4, 0.5) is 10.8 Å². The third-order valence-electron chi connectivity index (χ3n) is 3.78. The summed E-state index contributed by atoms with van der Waals surface area (Å²) >= 11 is 1.33. The van der Waals surface area contributed by atoms with Crippen LogP contribution in [0.3, 0.4) is 0 Å². The molecule has 0 aliphatic rings. The summed E-state index contributed by atoms with van der Waals surface area (Å²) in [6.45, 7) is 5.52. The second-order valence-electron chi connectivity index (χ2n) is 6.21. The number of anilines is 2. The number of carbonyl (C=O) groups excluding carboxylic acids is 1. The number of sulfonamides is 1. The van der Waals surface area contributed by atoms with Crippen LogP contribution in [0.25, 0.3) is 10.2 Å². The third-order valence-corrected chi connectivity index (χ3v) is 6.13. The van der Waals surface area contributed by atoms with E-state index in [4.69, 9.17) is 0 Å². The van der Waals surface area contributed by atoms with Crippen molar-refractivity contribution in [3.8, 4) is 0 Å². The lowest BCUT2D eigenvalue weighted by Gasteiger charge is -2.10. The number of carbonyl (C=O) groups is 1. The number of nitrogens with zero attached hydrogens (tertiary/aromatic N) is 1. The second kappa shape index (κ2) is 7.05. The van der Waals surface area contributed by atoms with Crippen LogP contribution in [0.15, 0.2) is 47.4 Å². The highest BCUT2D eigenvalue weighted by atomic mass is 32.2. The van der Waals surface area contributed by atoms with Gasteiger partial charge in [-0.1, -0.05) is 37.3 Å². The predicted octanol–water partition coefficient (Wildman–Crippen LogP) is 4.18. The molecular weight excluding hydrogens is 370 g/mol. The molecule has 0 unspecified atom stereocenters. The minimum absolute atomic E-state index is 0.199. The molecule has 6 nitrogen and oxygen atoms in total. The van der Waals surface area contributed by atoms with E-state index >= 15 is 0 Å². The molecule has 136 valence electrons. The Bertz CT molecular complexity index is 1050. The van der Waals surface area contributed by atoms with Crippen LogP contribution < -0.4 is 10.0 Å². The van der Waals surface area contributed by atoms with Crippen molar-refractivity contribution in [3.63, 3.8) is 0 Å². The molecule has 0 aliphatic carbocycles. The number of hydrogen-bond donors (Lipinski definition) is 2. The first kappa shape index (κ1) is 18.3. The Balaban J connectivity index is 1.85. The lowest BCUT2D eigenvalue weighted by Crippen LogP contribution is -2.12. The number of benzene rings is 2. The second-order valence-corrected chi connectivity index (χ2v) is 8.92. The molecule has 1 amide bonds. The van der Waals surface area contributed by atoms with Gasteiger partial charge in [0.15, 0.2) is 5.13 Å². The fourth-order valence-corrected chi connectivity index (χ4v) is 4.38. The zero-order valence-corrected chi connectivity index (χ0v) is 16.2. The molecule has 1 heterocycles. The van der Waals surface area contributed by atoms with Gasteiger partial charge in [0.1, 0.15) is 0 Å². The van der Waals surface area contributed by atoms with E-state index in [1.807, 2.05) is 12.1 Å². The lowest BCUT2D eigenvalue weighted by molar-refractivity contribution is -0.114. The third kappa shape index (κ3) is 4.03. The topological polar surface area (TPSA) is 88.2 Å². The quantitative estimate of drug-likeness (QED) is 0.685. The first-order chi connectivity index (χ1) is 12.2. The van der Waals surface area contributed by atoms with Gasteiger partial charge in [0, 0.05) is 6.92 Å². The normalized spacial score (nSPS) is 11.7. The lowest BCUT2D eigenvalue weighted by atomic mass is 10.0. The van der Waals surface area contributed by atoms with Gasteiger partial charge in [0.05, 0.1) is 20.8 Å². The average Bonchev–Trinajstić information content (AvgIpc) is 2.95. The number of rotatable bonds is 5. The summed E-state index contributed by atoms with van der Waals surface area (Å²) in [5.41, 5.74) is 2.12. The molecule has 8 heteroatoms. The predicted molar refractivity (Wildman–Crippen MR) is 105 cm³/mol. The van der Waals surface area contributed by atoms with Crippen molar-refractivity contribution in [1.82, 2.24) is 4.98 Å². The zero-order valence-electron chi connectivity index (χ0n) is 14.6. The molecule has 0 radical (unpaired) electrons. The molecule has 0 aliphatic heterocycles. The highest BCUT2D eigenvalue weighted by Crippen LogP contribution is 2.29. The van der Waals surface area contributed by atoms with Gasteiger partial charge in [-0.05, 0) is 41.8 Å². The molecule has 2 N–H and O–H groups in total. The molecule has 1 aromatic heterocycles. The summed E-state index contributed by atoms with van der Waals surface area (Å²) < 4.78 is 28.6. The summed E-state index contributed by atoms with van der Waals surface area (Å²) in [7, 11) is -3.68. The van der Waals surface area contributed by atoms with E-state index in [-0.39, 0.29) is 10.8 Å². The molecule has 0 atom stereocenters. The van der Waals surface area contributed by atoms with E-state index in [0.29, 0.717) is 22.3 Å². The minimum atomic E-state index is -3.68. The highest BCUT2D eigenvalue weighted by Gasteiger charge is 2.15. The van der Waals surface area contributed by atoms with Crippen molar-refractivity contribution >= 4 is 48.3 Å². The Hall–Kier alpha value is -2.45. The number of thiazole rings is 1. The smallest absolute Gasteiger partial charge is 0.261 e. The van der Waals surface area contributed by atoms with Crippen LogP contribution in [-0.2, 0) is 14.8 Å². The van der Waals surface area contributed by atoms with Gasteiger partial charge in [-0.3, -0.25) is 9.52 Å². The SMILES string of the molecule is CC(=O)Nc1nc2cc(NS(=O)(=O)c3ccc(C(C)C)cc3)ccc2s1. The van der Waals surface area contributed by atoms with Crippen LogP contribution in [0, 0.1) is 0 Å². The minimum Gasteiger partial charge on any atom is -0.302 e. The van der Waals surface area contributed by atoms with Crippen LogP contribution in [-0.4, -0.2) is 19.3 Å². The van der Waals surface area contributed by atoms with Gasteiger partial charge in [-0.15, -0.1) is 0 Å². The van der Waals surface area contributed by atoms with Gasteiger partial charge in [-0.2, -0.15) is 0 Å². The molecule has 0 spiro atoms. The number of fused-ring (bicyclic) bond motifs is 1. The molecule has 2 aromatic carbocycles. The van der Waals surface area contributed by atoms with Crippen molar-refractivity contribution in [2.75, 3.05) is 10.0 Å². The van der Waals surface area contributed by atoms with Crippen LogP contribution in [0.2, 0.25) is 0 Å². The first-order valence-corrected chi connectivity index (χ1v) is 10.4.